The maximum absolute atomic E-state index is 12.2. The number of likely N-dealkylation sites (tertiary alicyclic amines) is 1. The molecule has 1 N–H and O–H groups in total. The summed E-state index contributed by atoms with van der Waals surface area (Å²) in [4.78, 5) is 13.2. The quantitative estimate of drug-likeness (QED) is 0.779. The van der Waals surface area contributed by atoms with Gasteiger partial charge in [-0.15, -0.1) is 0 Å². The van der Waals surface area contributed by atoms with Crippen LogP contribution in [0, 0.1) is 5.41 Å². The first-order valence-corrected chi connectivity index (χ1v) is 4.94. The molecule has 0 aliphatic carbocycles. The third-order valence-electron chi connectivity index (χ3n) is 2.59. The van der Waals surface area contributed by atoms with Gasteiger partial charge in [0.2, 0.25) is 12.3 Å². The SMILES string of the molecule is CC1(O)CN(C(=O)C(C)(C)CC(F)F)C1. The van der Waals surface area contributed by atoms with Crippen LogP contribution >= 0.6 is 0 Å². The Balaban J connectivity index is 2.54. The Morgan fingerprint density at radius 2 is 2.00 bits per heavy atom. The summed E-state index contributed by atoms with van der Waals surface area (Å²) in [5, 5.41) is 9.44. The molecule has 0 radical (unpaired) electrons. The molecule has 0 atom stereocenters. The molecule has 0 spiro atoms. The summed E-state index contributed by atoms with van der Waals surface area (Å²) >= 11 is 0. The van der Waals surface area contributed by atoms with Gasteiger partial charge < -0.3 is 10.0 Å². The van der Waals surface area contributed by atoms with E-state index in [1.54, 1.807) is 6.92 Å². The third-order valence-corrected chi connectivity index (χ3v) is 2.59. The van der Waals surface area contributed by atoms with Gasteiger partial charge in [0.15, 0.2) is 0 Å². The highest BCUT2D eigenvalue weighted by Crippen LogP contribution is 2.31. The van der Waals surface area contributed by atoms with Gasteiger partial charge in [0.05, 0.1) is 18.7 Å². The number of aliphatic hydroxyl groups is 1. The molecule has 0 aromatic carbocycles. The van der Waals surface area contributed by atoms with Crippen LogP contribution in [0.5, 0.6) is 0 Å². The summed E-state index contributed by atoms with van der Waals surface area (Å²) in [5.74, 6) is -0.311. The minimum Gasteiger partial charge on any atom is -0.386 e. The molecule has 0 unspecified atom stereocenters. The predicted octanol–water partition coefficient (Wildman–Crippen LogP) is 1.26. The average molecular weight is 221 g/mol. The summed E-state index contributed by atoms with van der Waals surface area (Å²) < 4.78 is 24.4. The highest BCUT2D eigenvalue weighted by molar-refractivity contribution is 5.83. The minimum atomic E-state index is -2.48. The Hall–Kier alpha value is -0.710. The number of rotatable bonds is 3. The molecule has 1 aliphatic heterocycles. The van der Waals surface area contributed by atoms with Crippen molar-refractivity contribution in [3.63, 3.8) is 0 Å². The molecule has 0 bridgehead atoms. The summed E-state index contributed by atoms with van der Waals surface area (Å²) in [6, 6.07) is 0. The zero-order valence-electron chi connectivity index (χ0n) is 9.26. The van der Waals surface area contributed by atoms with Gasteiger partial charge in [0, 0.05) is 11.8 Å². The van der Waals surface area contributed by atoms with Gasteiger partial charge in [0.25, 0.3) is 0 Å². The van der Waals surface area contributed by atoms with Crippen molar-refractivity contribution < 1.29 is 18.7 Å². The van der Waals surface area contributed by atoms with E-state index < -0.39 is 23.9 Å². The van der Waals surface area contributed by atoms with Crippen molar-refractivity contribution in [1.82, 2.24) is 4.90 Å². The molecule has 5 heteroatoms. The summed E-state index contributed by atoms with van der Waals surface area (Å²) in [7, 11) is 0. The fourth-order valence-corrected chi connectivity index (χ4v) is 1.82. The van der Waals surface area contributed by atoms with E-state index in [1.807, 2.05) is 0 Å². The molecule has 3 nitrogen and oxygen atoms in total. The van der Waals surface area contributed by atoms with Gasteiger partial charge in [0.1, 0.15) is 0 Å². The van der Waals surface area contributed by atoms with Gasteiger partial charge in [-0.05, 0) is 6.92 Å². The van der Waals surface area contributed by atoms with Crippen LogP contribution in [0.15, 0.2) is 0 Å². The van der Waals surface area contributed by atoms with Crippen LogP contribution in [-0.2, 0) is 4.79 Å². The van der Waals surface area contributed by atoms with E-state index in [1.165, 1.54) is 18.7 Å². The minimum absolute atomic E-state index is 0.235. The Bertz CT molecular complexity index is 256. The molecule has 1 aliphatic rings. The van der Waals surface area contributed by atoms with E-state index in [0.717, 1.165) is 0 Å². The van der Waals surface area contributed by atoms with Gasteiger partial charge in [-0.3, -0.25) is 4.79 Å². The predicted molar refractivity (Wildman–Crippen MR) is 51.6 cm³/mol. The number of alkyl halides is 2. The molecule has 0 saturated carbocycles. The standard InChI is InChI=1S/C10H17F2NO2/c1-9(2,4-7(11)12)8(14)13-5-10(3,15)6-13/h7,15H,4-6H2,1-3H3. The number of carbonyl (C=O) groups is 1. The van der Waals surface area contributed by atoms with Crippen LogP contribution in [0.3, 0.4) is 0 Å². The lowest BCUT2D eigenvalue weighted by Crippen LogP contribution is -2.64. The molecule has 1 fully saturated rings. The lowest BCUT2D eigenvalue weighted by molar-refractivity contribution is -0.163. The summed E-state index contributed by atoms with van der Waals surface area (Å²) in [6.45, 7) is 5.11. The second-order valence-corrected chi connectivity index (χ2v) is 5.14. The Morgan fingerprint density at radius 1 is 1.53 bits per heavy atom. The zero-order chi connectivity index (χ0) is 11.9. The second-order valence-electron chi connectivity index (χ2n) is 5.14. The van der Waals surface area contributed by atoms with Gasteiger partial charge >= 0.3 is 0 Å². The van der Waals surface area contributed by atoms with Crippen molar-refractivity contribution in [2.75, 3.05) is 13.1 Å². The maximum Gasteiger partial charge on any atom is 0.239 e. The largest absolute Gasteiger partial charge is 0.386 e. The Labute approximate surface area is 88.1 Å². The smallest absolute Gasteiger partial charge is 0.239 e. The van der Waals surface area contributed by atoms with E-state index in [-0.39, 0.29) is 19.0 Å². The van der Waals surface area contributed by atoms with Crippen LogP contribution < -0.4 is 0 Å². The molecule has 1 rings (SSSR count). The van der Waals surface area contributed by atoms with Crippen LogP contribution in [0.4, 0.5) is 8.78 Å². The maximum atomic E-state index is 12.2. The monoisotopic (exact) mass is 221 g/mol. The van der Waals surface area contributed by atoms with Crippen molar-refractivity contribution in [2.45, 2.75) is 39.2 Å². The molecule has 1 heterocycles. The zero-order valence-corrected chi connectivity index (χ0v) is 9.26. The lowest BCUT2D eigenvalue weighted by Gasteiger charge is -2.47. The first-order chi connectivity index (χ1) is 6.64. The first-order valence-electron chi connectivity index (χ1n) is 4.94. The van der Waals surface area contributed by atoms with Crippen LogP contribution in [0.25, 0.3) is 0 Å². The van der Waals surface area contributed by atoms with Crippen LogP contribution in [0.2, 0.25) is 0 Å². The Kier molecular flexibility index (Phi) is 3.05. The number of hydrogen-bond donors (Lipinski definition) is 1. The van der Waals surface area contributed by atoms with Crippen molar-refractivity contribution in [1.29, 1.82) is 0 Å². The van der Waals surface area contributed by atoms with Crippen molar-refractivity contribution >= 4 is 5.91 Å². The molecule has 0 aromatic rings. The summed E-state index contributed by atoms with van der Waals surface area (Å²) in [6.07, 6.45) is -2.92. The highest BCUT2D eigenvalue weighted by Gasteiger charge is 2.44. The number of nitrogens with zero attached hydrogens (tertiary/aromatic N) is 1. The normalized spacial score (nSPS) is 20.3. The third kappa shape index (κ3) is 2.87. The number of β-amino-alcohol motifs (C(OH)–C–C–N with tert-alkyl or cyclic N) is 1. The molecular formula is C10H17F2NO2. The van der Waals surface area contributed by atoms with Gasteiger partial charge in [-0.2, -0.15) is 0 Å². The molecule has 1 saturated heterocycles. The van der Waals surface area contributed by atoms with E-state index in [0.29, 0.717) is 0 Å². The topological polar surface area (TPSA) is 40.5 Å². The molecule has 88 valence electrons. The van der Waals surface area contributed by atoms with E-state index in [9.17, 15) is 18.7 Å². The number of carbonyl (C=O) groups excluding carboxylic acids is 1. The molecule has 0 aromatic heterocycles. The number of amides is 1. The molecule has 1 amide bonds. The number of hydrogen-bond acceptors (Lipinski definition) is 2. The lowest BCUT2D eigenvalue weighted by atomic mass is 9.84. The molecular weight excluding hydrogens is 204 g/mol. The summed E-state index contributed by atoms with van der Waals surface area (Å²) in [5.41, 5.74) is -1.90. The van der Waals surface area contributed by atoms with Crippen molar-refractivity contribution in [3.8, 4) is 0 Å². The van der Waals surface area contributed by atoms with Crippen LogP contribution in [-0.4, -0.2) is 41.0 Å². The van der Waals surface area contributed by atoms with Gasteiger partial charge in [-0.1, -0.05) is 13.8 Å². The fourth-order valence-electron chi connectivity index (χ4n) is 1.82. The first kappa shape index (κ1) is 12.4. The number of halogens is 2. The van der Waals surface area contributed by atoms with E-state index in [4.69, 9.17) is 0 Å². The fraction of sp³-hybridized carbons (Fsp3) is 0.900. The molecule has 15 heavy (non-hydrogen) atoms. The highest BCUT2D eigenvalue weighted by atomic mass is 19.3. The van der Waals surface area contributed by atoms with Gasteiger partial charge in [-0.25, -0.2) is 8.78 Å². The second kappa shape index (κ2) is 3.70. The average Bonchev–Trinajstić information content (AvgIpc) is 1.95. The Morgan fingerprint density at radius 3 is 2.33 bits per heavy atom. The van der Waals surface area contributed by atoms with E-state index in [2.05, 4.69) is 0 Å². The van der Waals surface area contributed by atoms with Crippen molar-refractivity contribution in [2.24, 2.45) is 5.41 Å². The van der Waals surface area contributed by atoms with E-state index >= 15 is 0 Å². The van der Waals surface area contributed by atoms with Crippen LogP contribution in [0.1, 0.15) is 27.2 Å². The van der Waals surface area contributed by atoms with Crippen molar-refractivity contribution in [3.05, 3.63) is 0 Å².